The van der Waals surface area contributed by atoms with E-state index in [1.165, 1.54) is 12.1 Å². The van der Waals surface area contributed by atoms with Crippen molar-refractivity contribution in [2.24, 2.45) is 5.92 Å². The molecular weight excluding hydrogens is 305 g/mol. The Morgan fingerprint density at radius 3 is 2.62 bits per heavy atom. The van der Waals surface area contributed by atoms with Gasteiger partial charge in [-0.2, -0.15) is 13.2 Å². The summed E-state index contributed by atoms with van der Waals surface area (Å²) < 4.78 is 65.1. The van der Waals surface area contributed by atoms with E-state index >= 15 is 0 Å². The highest BCUT2D eigenvalue weighted by atomic mass is 32.2. The van der Waals surface area contributed by atoms with Crippen molar-refractivity contribution in [2.45, 2.75) is 23.9 Å². The van der Waals surface area contributed by atoms with Gasteiger partial charge in [-0.25, -0.2) is 13.1 Å². The largest absolute Gasteiger partial charge is 0.417 e. The first kappa shape index (κ1) is 16.3. The highest BCUT2D eigenvalue weighted by Gasteiger charge is 2.36. The summed E-state index contributed by atoms with van der Waals surface area (Å²) in [6, 6.07) is 4.21. The van der Waals surface area contributed by atoms with Crippen LogP contribution in [-0.2, 0) is 16.2 Å². The lowest BCUT2D eigenvalue weighted by Gasteiger charge is -2.23. The van der Waals surface area contributed by atoms with Crippen LogP contribution in [0.3, 0.4) is 0 Å². The quantitative estimate of drug-likeness (QED) is 0.891. The van der Waals surface area contributed by atoms with Crippen LogP contribution in [0.25, 0.3) is 0 Å². The van der Waals surface area contributed by atoms with E-state index < -0.39 is 26.7 Å². The molecule has 2 rings (SSSR count). The molecule has 1 fully saturated rings. The maximum atomic E-state index is 12.9. The lowest BCUT2D eigenvalue weighted by atomic mass is 10.0. The molecule has 1 heterocycles. The highest BCUT2D eigenvalue weighted by Crippen LogP contribution is 2.33. The second-order valence-corrected chi connectivity index (χ2v) is 6.79. The minimum Gasteiger partial charge on any atom is -0.316 e. The molecule has 1 aliphatic heterocycles. The zero-order chi connectivity index (χ0) is 15.5. The Balaban J connectivity index is 2.16. The monoisotopic (exact) mass is 322 g/mol. The number of hydrogen-bond acceptors (Lipinski definition) is 3. The van der Waals surface area contributed by atoms with Crippen molar-refractivity contribution >= 4 is 10.0 Å². The van der Waals surface area contributed by atoms with Crippen molar-refractivity contribution in [3.05, 3.63) is 29.8 Å². The van der Waals surface area contributed by atoms with Crippen LogP contribution >= 0.6 is 0 Å². The molecule has 1 atom stereocenters. The minimum atomic E-state index is -4.70. The van der Waals surface area contributed by atoms with Crippen molar-refractivity contribution in [1.82, 2.24) is 10.0 Å². The van der Waals surface area contributed by atoms with Crippen LogP contribution in [0.15, 0.2) is 29.2 Å². The van der Waals surface area contributed by atoms with Gasteiger partial charge < -0.3 is 5.32 Å². The summed E-state index contributed by atoms with van der Waals surface area (Å²) in [6.45, 7) is 1.70. The Morgan fingerprint density at radius 1 is 1.29 bits per heavy atom. The fraction of sp³-hybridized carbons (Fsp3) is 0.538. The summed E-state index contributed by atoms with van der Waals surface area (Å²) in [5.41, 5.74) is -1.14. The Kier molecular flexibility index (Phi) is 4.90. The van der Waals surface area contributed by atoms with Crippen LogP contribution < -0.4 is 10.0 Å². The van der Waals surface area contributed by atoms with E-state index in [0.29, 0.717) is 6.54 Å². The number of nitrogens with one attached hydrogen (secondary N) is 2. The predicted molar refractivity (Wildman–Crippen MR) is 72.2 cm³/mol. The van der Waals surface area contributed by atoms with E-state index in [-0.39, 0.29) is 12.5 Å². The first-order valence-corrected chi connectivity index (χ1v) is 8.15. The third-order valence-corrected chi connectivity index (χ3v) is 4.92. The maximum Gasteiger partial charge on any atom is 0.417 e. The van der Waals surface area contributed by atoms with E-state index in [9.17, 15) is 21.6 Å². The number of rotatable bonds is 4. The molecule has 21 heavy (non-hydrogen) atoms. The van der Waals surface area contributed by atoms with Gasteiger partial charge in [-0.1, -0.05) is 12.1 Å². The van der Waals surface area contributed by atoms with E-state index in [1.54, 1.807) is 0 Å². The summed E-state index contributed by atoms with van der Waals surface area (Å²) in [5.74, 6) is 0.103. The molecule has 0 saturated carbocycles. The van der Waals surface area contributed by atoms with Gasteiger partial charge in [-0.3, -0.25) is 0 Å². The van der Waals surface area contributed by atoms with Crippen molar-refractivity contribution < 1.29 is 21.6 Å². The SMILES string of the molecule is O=S(=O)(NC[C@H]1CCCNC1)c1ccccc1C(F)(F)F. The lowest BCUT2D eigenvalue weighted by molar-refractivity contribution is -0.139. The van der Waals surface area contributed by atoms with Gasteiger partial charge >= 0.3 is 6.18 Å². The summed E-state index contributed by atoms with van der Waals surface area (Å²) in [6.07, 6.45) is -2.90. The van der Waals surface area contributed by atoms with Crippen molar-refractivity contribution in [3.63, 3.8) is 0 Å². The lowest BCUT2D eigenvalue weighted by Crippen LogP contribution is -2.38. The molecule has 4 nitrogen and oxygen atoms in total. The zero-order valence-electron chi connectivity index (χ0n) is 11.3. The third kappa shape index (κ3) is 4.18. The number of hydrogen-bond donors (Lipinski definition) is 2. The van der Waals surface area contributed by atoms with Gasteiger partial charge in [-0.05, 0) is 44.0 Å². The smallest absolute Gasteiger partial charge is 0.316 e. The summed E-state index contributed by atoms with van der Waals surface area (Å²) in [4.78, 5) is -0.721. The average Bonchev–Trinajstić information content (AvgIpc) is 2.45. The summed E-state index contributed by atoms with van der Waals surface area (Å²) >= 11 is 0. The fourth-order valence-electron chi connectivity index (χ4n) is 2.34. The van der Waals surface area contributed by atoms with Crippen LogP contribution in [0.1, 0.15) is 18.4 Å². The molecule has 118 valence electrons. The molecule has 2 N–H and O–H groups in total. The molecule has 0 aromatic heterocycles. The molecule has 0 bridgehead atoms. The Labute approximate surface area is 121 Å². The van der Waals surface area contributed by atoms with E-state index in [4.69, 9.17) is 0 Å². The molecule has 0 aliphatic carbocycles. The number of alkyl halides is 3. The van der Waals surface area contributed by atoms with Gasteiger partial charge in [0.15, 0.2) is 0 Å². The van der Waals surface area contributed by atoms with Crippen molar-refractivity contribution in [2.75, 3.05) is 19.6 Å². The van der Waals surface area contributed by atoms with Crippen LogP contribution in [0.5, 0.6) is 0 Å². The zero-order valence-corrected chi connectivity index (χ0v) is 12.1. The first-order chi connectivity index (χ1) is 9.81. The molecule has 1 aromatic carbocycles. The molecule has 8 heteroatoms. The molecule has 1 saturated heterocycles. The van der Waals surface area contributed by atoms with Crippen LogP contribution in [0, 0.1) is 5.92 Å². The first-order valence-electron chi connectivity index (χ1n) is 6.67. The van der Waals surface area contributed by atoms with Crippen LogP contribution in [-0.4, -0.2) is 28.1 Å². The molecular formula is C13H17F3N2O2S. The third-order valence-electron chi connectivity index (χ3n) is 3.44. The van der Waals surface area contributed by atoms with Crippen LogP contribution in [0.2, 0.25) is 0 Å². The molecule has 0 amide bonds. The highest BCUT2D eigenvalue weighted by molar-refractivity contribution is 7.89. The number of sulfonamides is 1. The predicted octanol–water partition coefficient (Wildman–Crippen LogP) is 1.98. The number of halogens is 3. The van der Waals surface area contributed by atoms with E-state index in [0.717, 1.165) is 31.5 Å². The standard InChI is InChI=1S/C13H17F3N2O2S/c14-13(15,16)11-5-1-2-6-12(11)21(19,20)18-9-10-4-3-7-17-8-10/h1-2,5-6,10,17-18H,3-4,7-9H2/t10-/m0/s1. The molecule has 0 spiro atoms. The second kappa shape index (κ2) is 6.33. The van der Waals surface area contributed by atoms with Crippen molar-refractivity contribution in [3.8, 4) is 0 Å². The Bertz CT molecular complexity index is 581. The molecule has 1 aromatic rings. The normalized spacial score (nSPS) is 20.4. The Morgan fingerprint density at radius 2 is 2.00 bits per heavy atom. The topological polar surface area (TPSA) is 58.2 Å². The maximum absolute atomic E-state index is 12.9. The van der Waals surface area contributed by atoms with Crippen LogP contribution in [0.4, 0.5) is 13.2 Å². The van der Waals surface area contributed by atoms with Gasteiger partial charge in [0.05, 0.1) is 10.5 Å². The van der Waals surface area contributed by atoms with Gasteiger partial charge in [-0.15, -0.1) is 0 Å². The van der Waals surface area contributed by atoms with Gasteiger partial charge in [0.1, 0.15) is 0 Å². The van der Waals surface area contributed by atoms with Gasteiger partial charge in [0, 0.05) is 6.54 Å². The fourth-order valence-corrected chi connectivity index (χ4v) is 3.68. The van der Waals surface area contributed by atoms with Crippen molar-refractivity contribution in [1.29, 1.82) is 0 Å². The second-order valence-electron chi connectivity index (χ2n) is 5.06. The van der Waals surface area contributed by atoms with E-state index in [1.807, 2.05) is 0 Å². The van der Waals surface area contributed by atoms with Gasteiger partial charge in [0.2, 0.25) is 10.0 Å². The minimum absolute atomic E-state index is 0.103. The van der Waals surface area contributed by atoms with E-state index in [2.05, 4.69) is 10.0 Å². The molecule has 0 radical (unpaired) electrons. The number of benzene rings is 1. The Hall–Kier alpha value is -1.12. The van der Waals surface area contributed by atoms with Gasteiger partial charge in [0.25, 0.3) is 0 Å². The molecule has 0 unspecified atom stereocenters. The molecule has 1 aliphatic rings. The number of piperidine rings is 1. The average molecular weight is 322 g/mol. The summed E-state index contributed by atoms with van der Waals surface area (Å²) in [7, 11) is -4.17. The summed E-state index contributed by atoms with van der Waals surface area (Å²) in [5, 5.41) is 3.13.